The van der Waals surface area contributed by atoms with Crippen molar-refractivity contribution < 1.29 is 13.2 Å². The molecule has 5 nitrogen and oxygen atoms in total. The van der Waals surface area contributed by atoms with Crippen LogP contribution in [0.5, 0.6) is 0 Å². The molecule has 1 amide bonds. The number of amides is 1. The molecule has 0 saturated carbocycles. The molecule has 1 aromatic carbocycles. The van der Waals surface area contributed by atoms with Crippen molar-refractivity contribution in [2.24, 2.45) is 0 Å². The van der Waals surface area contributed by atoms with Crippen LogP contribution in [0.1, 0.15) is 30.9 Å². The molecule has 1 saturated heterocycles. The lowest BCUT2D eigenvalue weighted by Crippen LogP contribution is -2.45. The van der Waals surface area contributed by atoms with E-state index in [2.05, 4.69) is 4.72 Å². The number of carbonyl (C=O) groups excluding carboxylic acids is 1. The van der Waals surface area contributed by atoms with Gasteiger partial charge in [0.05, 0.1) is 6.04 Å². The highest BCUT2D eigenvalue weighted by Gasteiger charge is 2.25. The first-order valence-corrected chi connectivity index (χ1v) is 8.98. The number of benzene rings is 1. The summed E-state index contributed by atoms with van der Waals surface area (Å²) in [5.41, 5.74) is 1.91. The first-order chi connectivity index (χ1) is 10.4. The highest BCUT2D eigenvalue weighted by atomic mass is 32.2. The van der Waals surface area contributed by atoms with Crippen molar-refractivity contribution in [2.75, 3.05) is 13.1 Å². The van der Waals surface area contributed by atoms with Crippen molar-refractivity contribution in [1.29, 1.82) is 0 Å². The second kappa shape index (κ2) is 7.07. The Kier molecular flexibility index (Phi) is 5.37. The minimum Gasteiger partial charge on any atom is -0.341 e. The van der Waals surface area contributed by atoms with Gasteiger partial charge in [-0.25, -0.2) is 8.42 Å². The second-order valence-electron chi connectivity index (χ2n) is 5.63. The Hall–Kier alpha value is -1.66. The topological polar surface area (TPSA) is 66.5 Å². The minimum atomic E-state index is -3.64. The summed E-state index contributed by atoms with van der Waals surface area (Å²) in [6.45, 7) is 4.98. The third-order valence-electron chi connectivity index (χ3n) is 3.65. The number of nitrogens with zero attached hydrogens (tertiary/aromatic N) is 1. The summed E-state index contributed by atoms with van der Waals surface area (Å²) in [7, 11) is -3.64. The van der Waals surface area contributed by atoms with E-state index in [-0.39, 0.29) is 5.91 Å². The van der Waals surface area contributed by atoms with Crippen LogP contribution in [0.25, 0.3) is 6.08 Å². The summed E-state index contributed by atoms with van der Waals surface area (Å²) in [5, 5.41) is 1.10. The normalized spacial score (nSPS) is 17.1. The fourth-order valence-corrected chi connectivity index (χ4v) is 3.40. The van der Waals surface area contributed by atoms with Gasteiger partial charge >= 0.3 is 0 Å². The predicted molar refractivity (Wildman–Crippen MR) is 87.5 cm³/mol. The molecule has 0 spiro atoms. The zero-order valence-corrected chi connectivity index (χ0v) is 13.8. The lowest BCUT2D eigenvalue weighted by atomic mass is 10.2. The van der Waals surface area contributed by atoms with Crippen molar-refractivity contribution in [2.45, 2.75) is 32.7 Å². The molecule has 1 heterocycles. The van der Waals surface area contributed by atoms with Crippen LogP contribution in [0, 0.1) is 6.92 Å². The summed E-state index contributed by atoms with van der Waals surface area (Å²) >= 11 is 0. The smallest absolute Gasteiger partial charge is 0.240 e. The van der Waals surface area contributed by atoms with E-state index in [4.69, 9.17) is 0 Å². The quantitative estimate of drug-likeness (QED) is 0.900. The van der Waals surface area contributed by atoms with E-state index in [0.717, 1.165) is 29.4 Å². The van der Waals surface area contributed by atoms with Crippen LogP contribution >= 0.6 is 0 Å². The molecule has 1 N–H and O–H groups in total. The van der Waals surface area contributed by atoms with E-state index < -0.39 is 16.1 Å². The Bertz CT molecular complexity index is 644. The minimum absolute atomic E-state index is 0.162. The Morgan fingerprint density at radius 2 is 1.82 bits per heavy atom. The van der Waals surface area contributed by atoms with Crippen LogP contribution in [-0.2, 0) is 14.8 Å². The van der Waals surface area contributed by atoms with E-state index in [1.54, 1.807) is 11.8 Å². The number of carbonyl (C=O) groups is 1. The van der Waals surface area contributed by atoms with E-state index in [1.165, 1.54) is 6.08 Å². The maximum atomic E-state index is 12.1. The molecule has 1 aromatic rings. The molecule has 1 atom stereocenters. The third kappa shape index (κ3) is 4.68. The highest BCUT2D eigenvalue weighted by Crippen LogP contribution is 2.10. The molecule has 0 radical (unpaired) electrons. The van der Waals surface area contributed by atoms with Gasteiger partial charge in [0.1, 0.15) is 0 Å². The fraction of sp³-hybridized carbons (Fsp3) is 0.438. The van der Waals surface area contributed by atoms with Gasteiger partial charge in [-0.05, 0) is 38.3 Å². The van der Waals surface area contributed by atoms with Crippen LogP contribution in [0.15, 0.2) is 29.7 Å². The summed E-state index contributed by atoms with van der Waals surface area (Å²) in [4.78, 5) is 13.8. The first kappa shape index (κ1) is 16.7. The molecule has 22 heavy (non-hydrogen) atoms. The molecule has 120 valence electrons. The fourth-order valence-electron chi connectivity index (χ4n) is 2.39. The van der Waals surface area contributed by atoms with Crippen LogP contribution in [0.3, 0.4) is 0 Å². The molecule has 0 unspecified atom stereocenters. The molecule has 6 heteroatoms. The van der Waals surface area contributed by atoms with Crippen LogP contribution < -0.4 is 4.72 Å². The number of hydrogen-bond donors (Lipinski definition) is 1. The molecule has 1 fully saturated rings. The van der Waals surface area contributed by atoms with E-state index >= 15 is 0 Å². The van der Waals surface area contributed by atoms with Crippen LogP contribution in [0.2, 0.25) is 0 Å². The summed E-state index contributed by atoms with van der Waals surface area (Å²) in [5.74, 6) is -0.162. The molecule has 2 rings (SSSR count). The standard InChI is InChI=1S/C16H22N2O3S/c1-13-5-7-15(8-6-13)9-12-22(20,21)17-14(2)16(19)18-10-3-4-11-18/h5-9,12,14,17H,3-4,10-11H2,1-2H3/b12-9+/t14-/m1/s1. The van der Waals surface area contributed by atoms with Gasteiger partial charge in [0, 0.05) is 18.5 Å². The van der Waals surface area contributed by atoms with Gasteiger partial charge in [-0.1, -0.05) is 29.8 Å². The van der Waals surface area contributed by atoms with Gasteiger partial charge in [0.25, 0.3) is 0 Å². The zero-order chi connectivity index (χ0) is 16.2. The first-order valence-electron chi connectivity index (χ1n) is 7.43. The Balaban J connectivity index is 1.97. The van der Waals surface area contributed by atoms with Crippen molar-refractivity contribution >= 4 is 22.0 Å². The van der Waals surface area contributed by atoms with Crippen LogP contribution in [-0.4, -0.2) is 38.4 Å². The molecular formula is C16H22N2O3S. The number of sulfonamides is 1. The van der Waals surface area contributed by atoms with E-state index in [1.807, 2.05) is 31.2 Å². The van der Waals surface area contributed by atoms with Crippen molar-refractivity contribution in [3.8, 4) is 0 Å². The number of rotatable bonds is 5. The summed E-state index contributed by atoms with van der Waals surface area (Å²) in [6.07, 6.45) is 3.49. The highest BCUT2D eigenvalue weighted by molar-refractivity contribution is 7.92. The van der Waals surface area contributed by atoms with Gasteiger partial charge in [-0.15, -0.1) is 0 Å². The van der Waals surface area contributed by atoms with Crippen molar-refractivity contribution in [1.82, 2.24) is 9.62 Å². The lowest BCUT2D eigenvalue weighted by Gasteiger charge is -2.20. The molecule has 0 bridgehead atoms. The second-order valence-corrected chi connectivity index (χ2v) is 7.23. The largest absolute Gasteiger partial charge is 0.341 e. The molecule has 0 aliphatic carbocycles. The molecule has 1 aliphatic rings. The molecule has 0 aromatic heterocycles. The Labute approximate surface area is 132 Å². The van der Waals surface area contributed by atoms with Crippen molar-refractivity contribution in [3.63, 3.8) is 0 Å². The summed E-state index contributed by atoms with van der Waals surface area (Å²) < 4.78 is 26.5. The third-order valence-corrected chi connectivity index (χ3v) is 4.82. The maximum absolute atomic E-state index is 12.1. The maximum Gasteiger partial charge on any atom is 0.240 e. The zero-order valence-electron chi connectivity index (χ0n) is 13.0. The predicted octanol–water partition coefficient (Wildman–Crippen LogP) is 1.90. The van der Waals surface area contributed by atoms with Gasteiger partial charge in [-0.2, -0.15) is 4.72 Å². The Morgan fingerprint density at radius 3 is 2.41 bits per heavy atom. The average Bonchev–Trinajstić information content (AvgIpc) is 2.99. The lowest BCUT2D eigenvalue weighted by molar-refractivity contribution is -0.131. The molecular weight excluding hydrogens is 300 g/mol. The average molecular weight is 322 g/mol. The SMILES string of the molecule is Cc1ccc(/C=C/S(=O)(=O)N[C@H](C)C(=O)N2CCCC2)cc1. The van der Waals surface area contributed by atoms with Gasteiger partial charge in [0.15, 0.2) is 0 Å². The number of hydrogen-bond acceptors (Lipinski definition) is 3. The number of aryl methyl sites for hydroxylation is 1. The molecule has 1 aliphatic heterocycles. The van der Waals surface area contributed by atoms with Gasteiger partial charge < -0.3 is 4.90 Å². The van der Waals surface area contributed by atoms with E-state index in [9.17, 15) is 13.2 Å². The Morgan fingerprint density at radius 1 is 1.23 bits per heavy atom. The van der Waals surface area contributed by atoms with Crippen molar-refractivity contribution in [3.05, 3.63) is 40.8 Å². The monoisotopic (exact) mass is 322 g/mol. The summed E-state index contributed by atoms with van der Waals surface area (Å²) in [6, 6.07) is 6.78. The van der Waals surface area contributed by atoms with Gasteiger partial charge in [0.2, 0.25) is 15.9 Å². The van der Waals surface area contributed by atoms with Gasteiger partial charge in [-0.3, -0.25) is 4.79 Å². The number of likely N-dealkylation sites (tertiary alicyclic amines) is 1. The number of nitrogens with one attached hydrogen (secondary N) is 1. The van der Waals surface area contributed by atoms with E-state index in [0.29, 0.717) is 13.1 Å². The van der Waals surface area contributed by atoms with Crippen LogP contribution in [0.4, 0.5) is 0 Å².